The number of anilines is 1. The summed E-state index contributed by atoms with van der Waals surface area (Å²) in [5.74, 6) is 2.11. The Kier molecular flexibility index (Phi) is 5.90. The third kappa shape index (κ3) is 4.75. The summed E-state index contributed by atoms with van der Waals surface area (Å²) in [5, 5.41) is 17.9. The third-order valence-electron chi connectivity index (χ3n) is 6.91. The molecule has 164 valence electrons. The zero-order chi connectivity index (χ0) is 20.6. The van der Waals surface area contributed by atoms with E-state index in [1.165, 1.54) is 42.4 Å². The molecule has 10 heteroatoms. The van der Waals surface area contributed by atoms with Crippen LogP contribution in [0.5, 0.6) is 0 Å². The average molecular weight is 452 g/mol. The Morgan fingerprint density at radius 1 is 1.13 bits per heavy atom. The second kappa shape index (κ2) is 8.63. The second-order valence-electron chi connectivity index (χ2n) is 9.38. The van der Waals surface area contributed by atoms with Gasteiger partial charge in [0.25, 0.3) is 0 Å². The van der Waals surface area contributed by atoms with Crippen molar-refractivity contribution < 1.29 is 14.3 Å². The predicted octanol–water partition coefficient (Wildman–Crippen LogP) is 3.02. The summed E-state index contributed by atoms with van der Waals surface area (Å²) in [6, 6.07) is -0.348. The van der Waals surface area contributed by atoms with Gasteiger partial charge in [-0.15, -0.1) is 10.2 Å². The van der Waals surface area contributed by atoms with E-state index >= 15 is 0 Å². The summed E-state index contributed by atoms with van der Waals surface area (Å²) in [4.78, 5) is 24.7. The molecule has 1 atom stereocenters. The largest absolute Gasteiger partial charge is 0.376 e. The molecule has 30 heavy (non-hydrogen) atoms. The molecule has 1 aromatic heterocycles. The van der Waals surface area contributed by atoms with Crippen LogP contribution in [0.15, 0.2) is 4.34 Å². The fraction of sp³-hybridized carbons (Fsp3) is 0.800. The van der Waals surface area contributed by atoms with Crippen molar-refractivity contribution in [3.05, 3.63) is 0 Å². The summed E-state index contributed by atoms with van der Waals surface area (Å²) < 4.78 is 6.29. The molecule has 5 fully saturated rings. The van der Waals surface area contributed by atoms with Gasteiger partial charge in [0.1, 0.15) is 0 Å². The first-order valence-electron chi connectivity index (χ1n) is 11.0. The highest BCUT2D eigenvalue weighted by Crippen LogP contribution is 2.55. The fourth-order valence-electron chi connectivity index (χ4n) is 6.17. The molecule has 0 unspecified atom stereocenters. The van der Waals surface area contributed by atoms with Crippen LogP contribution in [0.2, 0.25) is 0 Å². The van der Waals surface area contributed by atoms with E-state index < -0.39 is 0 Å². The van der Waals surface area contributed by atoms with E-state index in [1.54, 1.807) is 0 Å². The lowest BCUT2D eigenvalue weighted by molar-refractivity contribution is -0.117. The number of imide groups is 1. The Morgan fingerprint density at radius 3 is 2.53 bits per heavy atom. The number of aromatic nitrogens is 2. The lowest BCUT2D eigenvalue weighted by atomic mass is 9.53. The van der Waals surface area contributed by atoms with Crippen LogP contribution in [0.1, 0.15) is 51.4 Å². The first-order valence-corrected chi connectivity index (χ1v) is 12.8. The molecule has 5 aliphatic rings. The maximum atomic E-state index is 12.5. The summed E-state index contributed by atoms with van der Waals surface area (Å²) in [5.41, 5.74) is -0.0882. The van der Waals surface area contributed by atoms with Crippen molar-refractivity contribution in [3.8, 4) is 0 Å². The minimum atomic E-state index is -0.348. The quantitative estimate of drug-likeness (QED) is 0.547. The monoisotopic (exact) mass is 451 g/mol. The number of carbonyl (C=O) groups excluding carboxylic acids is 2. The van der Waals surface area contributed by atoms with Crippen molar-refractivity contribution in [1.82, 2.24) is 20.8 Å². The van der Waals surface area contributed by atoms with Crippen LogP contribution < -0.4 is 16.0 Å². The number of hydrogen-bond acceptors (Lipinski definition) is 8. The SMILES string of the molecule is O=C(CSc1nnc(NC[C@H]2CCCO2)s1)NC(=O)NC12CC3CC(CC(C3)C1)C2. The van der Waals surface area contributed by atoms with Crippen molar-refractivity contribution in [1.29, 1.82) is 0 Å². The molecule has 1 saturated heterocycles. The highest BCUT2D eigenvalue weighted by atomic mass is 32.2. The van der Waals surface area contributed by atoms with Gasteiger partial charge in [-0.25, -0.2) is 4.79 Å². The average Bonchev–Trinajstić information content (AvgIpc) is 3.35. The fourth-order valence-corrected chi connectivity index (χ4v) is 7.73. The van der Waals surface area contributed by atoms with E-state index in [0.29, 0.717) is 4.34 Å². The predicted molar refractivity (Wildman–Crippen MR) is 116 cm³/mol. The maximum Gasteiger partial charge on any atom is 0.321 e. The van der Waals surface area contributed by atoms with Gasteiger partial charge in [-0.05, 0) is 69.1 Å². The zero-order valence-corrected chi connectivity index (χ0v) is 18.7. The summed E-state index contributed by atoms with van der Waals surface area (Å²) in [6.07, 6.45) is 9.60. The van der Waals surface area contributed by atoms with Crippen LogP contribution in [0.4, 0.5) is 9.93 Å². The molecule has 4 saturated carbocycles. The van der Waals surface area contributed by atoms with Crippen molar-refractivity contribution in [2.45, 2.75) is 67.3 Å². The lowest BCUT2D eigenvalue weighted by Crippen LogP contribution is -2.61. The van der Waals surface area contributed by atoms with Crippen LogP contribution in [-0.4, -0.2) is 52.7 Å². The Bertz CT molecular complexity index is 760. The molecular formula is C20H29N5O3S2. The van der Waals surface area contributed by atoms with E-state index in [4.69, 9.17) is 4.74 Å². The van der Waals surface area contributed by atoms with Crippen molar-refractivity contribution >= 4 is 40.2 Å². The number of ether oxygens (including phenoxy) is 1. The van der Waals surface area contributed by atoms with Crippen molar-refractivity contribution in [2.75, 3.05) is 24.2 Å². The number of urea groups is 1. The molecule has 6 rings (SSSR count). The smallest absolute Gasteiger partial charge is 0.321 e. The van der Waals surface area contributed by atoms with Gasteiger partial charge in [0.05, 0.1) is 11.9 Å². The van der Waals surface area contributed by atoms with E-state index in [2.05, 4.69) is 26.1 Å². The molecule has 4 bridgehead atoms. The first-order chi connectivity index (χ1) is 14.6. The number of nitrogens with one attached hydrogen (secondary N) is 3. The topological polar surface area (TPSA) is 105 Å². The van der Waals surface area contributed by atoms with Crippen molar-refractivity contribution in [3.63, 3.8) is 0 Å². The van der Waals surface area contributed by atoms with Crippen LogP contribution >= 0.6 is 23.1 Å². The molecule has 0 spiro atoms. The van der Waals surface area contributed by atoms with Gasteiger partial charge >= 0.3 is 6.03 Å². The summed E-state index contributed by atoms with van der Waals surface area (Å²) in [6.45, 7) is 1.55. The molecule has 0 radical (unpaired) electrons. The number of rotatable bonds is 7. The molecule has 1 aliphatic heterocycles. The molecule has 3 amide bonds. The minimum Gasteiger partial charge on any atom is -0.376 e. The number of carbonyl (C=O) groups is 2. The van der Waals surface area contributed by atoms with E-state index in [9.17, 15) is 9.59 Å². The summed E-state index contributed by atoms with van der Waals surface area (Å²) in [7, 11) is 0. The van der Waals surface area contributed by atoms with E-state index in [-0.39, 0.29) is 29.3 Å². The Morgan fingerprint density at radius 2 is 1.87 bits per heavy atom. The van der Waals surface area contributed by atoms with Gasteiger partial charge in [0.2, 0.25) is 11.0 Å². The van der Waals surface area contributed by atoms with E-state index in [0.717, 1.165) is 68.1 Å². The van der Waals surface area contributed by atoms with Gasteiger partial charge in [-0.3, -0.25) is 10.1 Å². The molecular weight excluding hydrogens is 422 g/mol. The number of thioether (sulfide) groups is 1. The highest BCUT2D eigenvalue weighted by Gasteiger charge is 2.51. The molecule has 0 aromatic carbocycles. The Labute approximate surface area is 184 Å². The van der Waals surface area contributed by atoms with Gasteiger partial charge < -0.3 is 15.4 Å². The van der Waals surface area contributed by atoms with Gasteiger partial charge in [0, 0.05) is 18.7 Å². The number of nitrogens with zero attached hydrogens (tertiary/aromatic N) is 2. The zero-order valence-electron chi connectivity index (χ0n) is 17.0. The maximum absolute atomic E-state index is 12.5. The molecule has 1 aromatic rings. The molecule has 8 nitrogen and oxygen atoms in total. The van der Waals surface area contributed by atoms with Gasteiger partial charge in [0.15, 0.2) is 4.34 Å². The van der Waals surface area contributed by atoms with Crippen LogP contribution in [0, 0.1) is 17.8 Å². The Balaban J connectivity index is 1.05. The number of hydrogen-bond donors (Lipinski definition) is 3. The van der Waals surface area contributed by atoms with Gasteiger partial charge in [-0.2, -0.15) is 0 Å². The molecule has 2 heterocycles. The minimum absolute atomic E-state index is 0.0882. The van der Waals surface area contributed by atoms with Crippen LogP contribution in [0.25, 0.3) is 0 Å². The van der Waals surface area contributed by atoms with E-state index in [1.807, 2.05) is 0 Å². The molecule has 4 aliphatic carbocycles. The third-order valence-corrected chi connectivity index (χ3v) is 8.92. The number of amides is 3. The normalized spacial score (nSPS) is 34.1. The lowest BCUT2D eigenvalue weighted by Gasteiger charge is -2.56. The van der Waals surface area contributed by atoms with Crippen molar-refractivity contribution in [2.24, 2.45) is 17.8 Å². The first kappa shape index (κ1) is 20.5. The van der Waals surface area contributed by atoms with Crippen LogP contribution in [-0.2, 0) is 9.53 Å². The second-order valence-corrected chi connectivity index (χ2v) is 11.6. The molecule has 3 N–H and O–H groups in total. The van der Waals surface area contributed by atoms with Crippen LogP contribution in [0.3, 0.4) is 0 Å². The summed E-state index contributed by atoms with van der Waals surface area (Å²) >= 11 is 2.72. The van der Waals surface area contributed by atoms with Gasteiger partial charge in [-0.1, -0.05) is 23.1 Å². The standard InChI is InChI=1S/C20H29N5O3S2/c26-16(11-29-19-25-24-18(30-19)21-10-15-2-1-3-28-15)22-17(27)23-20-7-12-4-13(8-20)6-14(5-12)9-20/h12-15H,1-11H2,(H,21,24)(H2,22,23,26,27)/t12?,13?,14?,15-,20?/m1/s1. The highest BCUT2D eigenvalue weighted by molar-refractivity contribution is 8.01. The Hall–Kier alpha value is -1.39.